The number of anilines is 1. The Morgan fingerprint density at radius 3 is 2.84 bits per heavy atom. The number of aromatic nitrogens is 2. The number of carbonyl (C=O) groups excluding carboxylic acids is 1. The molecule has 1 heterocycles. The number of urea groups is 1. The summed E-state index contributed by atoms with van der Waals surface area (Å²) in [6.07, 6.45) is 0. The second kappa shape index (κ2) is 5.75. The fourth-order valence-corrected chi connectivity index (χ4v) is 1.93. The minimum atomic E-state index is -0.277. The van der Waals surface area contributed by atoms with Crippen molar-refractivity contribution in [3.8, 4) is 0 Å². The minimum absolute atomic E-state index is 0.277. The van der Waals surface area contributed by atoms with E-state index in [2.05, 4.69) is 15.7 Å². The molecule has 19 heavy (non-hydrogen) atoms. The van der Waals surface area contributed by atoms with Crippen LogP contribution >= 0.6 is 11.6 Å². The lowest BCUT2D eigenvalue weighted by atomic mass is 10.3. The third-order valence-corrected chi connectivity index (χ3v) is 2.85. The van der Waals surface area contributed by atoms with E-state index in [1.54, 1.807) is 28.9 Å². The van der Waals surface area contributed by atoms with Gasteiger partial charge in [-0.05, 0) is 31.2 Å². The highest BCUT2D eigenvalue weighted by Gasteiger charge is 2.05. The fourth-order valence-electron chi connectivity index (χ4n) is 1.74. The van der Waals surface area contributed by atoms with Gasteiger partial charge < -0.3 is 10.6 Å². The fraction of sp³-hybridized carbons (Fsp3) is 0.231. The molecular formula is C13H15ClN4O. The molecule has 1 aromatic carbocycles. The number of carbonyl (C=O) groups is 1. The van der Waals surface area contributed by atoms with Crippen LogP contribution in [0, 0.1) is 6.92 Å². The summed E-state index contributed by atoms with van der Waals surface area (Å²) in [6, 6.07) is 8.65. The maximum atomic E-state index is 11.7. The molecule has 0 unspecified atom stereocenters. The largest absolute Gasteiger partial charge is 0.332 e. The third kappa shape index (κ3) is 3.72. The van der Waals surface area contributed by atoms with Crippen LogP contribution in [-0.2, 0) is 13.6 Å². The van der Waals surface area contributed by atoms with Crippen LogP contribution in [0.3, 0.4) is 0 Å². The van der Waals surface area contributed by atoms with E-state index in [1.165, 1.54) is 0 Å². The summed E-state index contributed by atoms with van der Waals surface area (Å²) in [5.74, 6) is 0. The van der Waals surface area contributed by atoms with E-state index < -0.39 is 0 Å². The van der Waals surface area contributed by atoms with E-state index in [0.29, 0.717) is 17.3 Å². The lowest BCUT2D eigenvalue weighted by molar-refractivity contribution is 0.251. The first kappa shape index (κ1) is 13.4. The zero-order valence-corrected chi connectivity index (χ0v) is 11.5. The molecular weight excluding hydrogens is 264 g/mol. The summed E-state index contributed by atoms with van der Waals surface area (Å²) in [4.78, 5) is 11.7. The van der Waals surface area contributed by atoms with E-state index in [4.69, 9.17) is 11.6 Å². The number of nitrogens with zero attached hydrogens (tertiary/aromatic N) is 2. The smallest absolute Gasteiger partial charge is 0.319 e. The predicted molar refractivity (Wildman–Crippen MR) is 75.3 cm³/mol. The Morgan fingerprint density at radius 2 is 2.21 bits per heavy atom. The van der Waals surface area contributed by atoms with E-state index in [0.717, 1.165) is 11.4 Å². The Hall–Kier alpha value is -2.01. The molecule has 0 atom stereocenters. The molecule has 2 N–H and O–H groups in total. The first-order valence-electron chi connectivity index (χ1n) is 5.84. The van der Waals surface area contributed by atoms with E-state index in [1.807, 2.05) is 20.0 Å². The van der Waals surface area contributed by atoms with Gasteiger partial charge in [0, 0.05) is 17.8 Å². The van der Waals surface area contributed by atoms with Gasteiger partial charge in [-0.3, -0.25) is 4.68 Å². The van der Waals surface area contributed by atoms with Crippen LogP contribution < -0.4 is 10.6 Å². The van der Waals surface area contributed by atoms with Gasteiger partial charge in [0.1, 0.15) is 0 Å². The van der Waals surface area contributed by atoms with Crippen molar-refractivity contribution in [2.24, 2.45) is 7.05 Å². The predicted octanol–water partition coefficient (Wildman–Crippen LogP) is 2.70. The highest BCUT2D eigenvalue weighted by atomic mass is 35.5. The van der Waals surface area contributed by atoms with Crippen LogP contribution in [0.2, 0.25) is 5.02 Å². The SMILES string of the molecule is Cc1cc(CNC(=O)Nc2cccc(Cl)c2)n(C)n1. The van der Waals surface area contributed by atoms with Gasteiger partial charge in [-0.25, -0.2) is 4.79 Å². The summed E-state index contributed by atoms with van der Waals surface area (Å²) in [5, 5.41) is 10.3. The minimum Gasteiger partial charge on any atom is -0.332 e. The van der Waals surface area contributed by atoms with Crippen LogP contribution in [0.1, 0.15) is 11.4 Å². The molecule has 0 radical (unpaired) electrons. The second-order valence-corrected chi connectivity index (χ2v) is 4.66. The molecule has 1 aromatic heterocycles. The first-order valence-corrected chi connectivity index (χ1v) is 6.22. The van der Waals surface area contributed by atoms with Crippen molar-refractivity contribution >= 4 is 23.3 Å². The average Bonchev–Trinajstić information content (AvgIpc) is 2.65. The molecule has 100 valence electrons. The lowest BCUT2D eigenvalue weighted by Crippen LogP contribution is -2.28. The maximum absolute atomic E-state index is 11.7. The number of nitrogens with one attached hydrogen (secondary N) is 2. The first-order chi connectivity index (χ1) is 9.04. The van der Waals surface area contributed by atoms with Crippen molar-refractivity contribution in [2.75, 3.05) is 5.32 Å². The average molecular weight is 279 g/mol. The number of hydrogen-bond acceptors (Lipinski definition) is 2. The highest BCUT2D eigenvalue weighted by molar-refractivity contribution is 6.30. The van der Waals surface area contributed by atoms with Crippen LogP contribution in [0.15, 0.2) is 30.3 Å². The highest BCUT2D eigenvalue weighted by Crippen LogP contribution is 2.14. The maximum Gasteiger partial charge on any atom is 0.319 e. The van der Waals surface area contributed by atoms with Crippen LogP contribution in [0.5, 0.6) is 0 Å². The van der Waals surface area contributed by atoms with E-state index in [9.17, 15) is 4.79 Å². The van der Waals surface area contributed by atoms with Crippen molar-refractivity contribution < 1.29 is 4.79 Å². The Morgan fingerprint density at radius 1 is 1.42 bits per heavy atom. The van der Waals surface area contributed by atoms with Gasteiger partial charge in [0.25, 0.3) is 0 Å². The van der Waals surface area contributed by atoms with Gasteiger partial charge in [0.15, 0.2) is 0 Å². The van der Waals surface area contributed by atoms with Gasteiger partial charge >= 0.3 is 6.03 Å². The normalized spacial score (nSPS) is 10.3. The molecule has 0 aliphatic heterocycles. The molecule has 0 spiro atoms. The van der Waals surface area contributed by atoms with Crippen molar-refractivity contribution in [3.63, 3.8) is 0 Å². The Kier molecular flexibility index (Phi) is 4.06. The summed E-state index contributed by atoms with van der Waals surface area (Å²) >= 11 is 5.84. The quantitative estimate of drug-likeness (QED) is 0.907. The Balaban J connectivity index is 1.90. The van der Waals surface area contributed by atoms with Gasteiger partial charge in [0.05, 0.1) is 17.9 Å². The summed E-state index contributed by atoms with van der Waals surface area (Å²) in [6.45, 7) is 2.33. The standard InChI is InChI=1S/C13H15ClN4O/c1-9-6-12(18(2)17-9)8-15-13(19)16-11-5-3-4-10(14)7-11/h3-7H,8H2,1-2H3,(H2,15,16,19). The number of rotatable bonds is 3. The van der Waals surface area contributed by atoms with Gasteiger partial charge in [-0.15, -0.1) is 0 Å². The Bertz CT molecular complexity index is 594. The number of aryl methyl sites for hydroxylation is 2. The zero-order chi connectivity index (χ0) is 13.8. The lowest BCUT2D eigenvalue weighted by Gasteiger charge is -2.08. The monoisotopic (exact) mass is 278 g/mol. The topological polar surface area (TPSA) is 59.0 Å². The van der Waals surface area contributed by atoms with Gasteiger partial charge in [0.2, 0.25) is 0 Å². The van der Waals surface area contributed by atoms with Crippen molar-refractivity contribution in [3.05, 3.63) is 46.7 Å². The van der Waals surface area contributed by atoms with Crippen molar-refractivity contribution in [1.82, 2.24) is 15.1 Å². The molecule has 0 fully saturated rings. The summed E-state index contributed by atoms with van der Waals surface area (Å²) < 4.78 is 1.75. The molecule has 2 rings (SSSR count). The van der Waals surface area contributed by atoms with Gasteiger partial charge in [-0.2, -0.15) is 5.10 Å². The van der Waals surface area contributed by atoms with Crippen LogP contribution in [0.4, 0.5) is 10.5 Å². The van der Waals surface area contributed by atoms with Crippen LogP contribution in [-0.4, -0.2) is 15.8 Å². The number of halogens is 1. The number of amides is 2. The molecule has 0 saturated carbocycles. The van der Waals surface area contributed by atoms with Crippen LogP contribution in [0.25, 0.3) is 0 Å². The summed E-state index contributed by atoms with van der Waals surface area (Å²) in [5.41, 5.74) is 2.53. The third-order valence-electron chi connectivity index (χ3n) is 2.61. The van der Waals surface area contributed by atoms with E-state index in [-0.39, 0.29) is 6.03 Å². The molecule has 0 aliphatic carbocycles. The molecule has 0 aliphatic rings. The molecule has 0 bridgehead atoms. The summed E-state index contributed by atoms with van der Waals surface area (Å²) in [7, 11) is 1.85. The molecule has 5 nitrogen and oxygen atoms in total. The van der Waals surface area contributed by atoms with E-state index >= 15 is 0 Å². The Labute approximate surface area is 116 Å². The van der Waals surface area contributed by atoms with Crippen molar-refractivity contribution in [1.29, 1.82) is 0 Å². The number of hydrogen-bond donors (Lipinski definition) is 2. The van der Waals surface area contributed by atoms with Gasteiger partial charge in [-0.1, -0.05) is 17.7 Å². The zero-order valence-electron chi connectivity index (χ0n) is 10.8. The number of benzene rings is 1. The molecule has 0 saturated heterocycles. The molecule has 6 heteroatoms. The molecule has 2 amide bonds. The van der Waals surface area contributed by atoms with Crippen molar-refractivity contribution in [2.45, 2.75) is 13.5 Å². The second-order valence-electron chi connectivity index (χ2n) is 4.22. The molecule has 2 aromatic rings.